The SMILES string of the molecule is Cc1nc(Cc2nn(CN(C)Cc3cnn(-c4ccccc4)c3)c(=S)o2)cs1. The van der Waals surface area contributed by atoms with Gasteiger partial charge in [-0.2, -0.15) is 5.10 Å². The van der Waals surface area contributed by atoms with Gasteiger partial charge < -0.3 is 4.42 Å². The molecule has 0 aliphatic carbocycles. The minimum atomic E-state index is 0.369. The number of aromatic nitrogens is 5. The van der Waals surface area contributed by atoms with Crippen molar-refractivity contribution in [1.82, 2.24) is 29.4 Å². The predicted octanol–water partition coefficient (Wildman–Crippen LogP) is 3.84. The quantitative estimate of drug-likeness (QED) is 0.430. The van der Waals surface area contributed by atoms with Gasteiger partial charge in [0.25, 0.3) is 4.84 Å². The average molecular weight is 413 g/mol. The third-order valence-corrected chi connectivity index (χ3v) is 5.25. The van der Waals surface area contributed by atoms with Gasteiger partial charge in [0.15, 0.2) is 0 Å². The van der Waals surface area contributed by atoms with Crippen LogP contribution in [0.5, 0.6) is 0 Å². The van der Waals surface area contributed by atoms with Gasteiger partial charge in [0.2, 0.25) is 5.89 Å². The zero-order valence-corrected chi connectivity index (χ0v) is 17.3. The highest BCUT2D eigenvalue weighted by Crippen LogP contribution is 2.13. The van der Waals surface area contributed by atoms with Gasteiger partial charge in [0.1, 0.15) is 0 Å². The molecule has 0 radical (unpaired) electrons. The first-order chi connectivity index (χ1) is 13.6. The molecule has 4 rings (SSSR count). The highest BCUT2D eigenvalue weighted by molar-refractivity contribution is 7.71. The molecule has 9 heteroatoms. The first-order valence-electron chi connectivity index (χ1n) is 8.82. The van der Waals surface area contributed by atoms with Gasteiger partial charge in [-0.3, -0.25) is 4.90 Å². The van der Waals surface area contributed by atoms with Crippen LogP contribution in [0.3, 0.4) is 0 Å². The summed E-state index contributed by atoms with van der Waals surface area (Å²) in [5.74, 6) is 0.584. The maximum atomic E-state index is 5.63. The van der Waals surface area contributed by atoms with E-state index >= 15 is 0 Å². The Labute approximate surface area is 171 Å². The number of thiazole rings is 1. The Kier molecular flexibility index (Phi) is 5.47. The molecule has 7 nitrogen and oxygen atoms in total. The van der Waals surface area contributed by atoms with E-state index in [0.717, 1.165) is 28.5 Å². The minimum absolute atomic E-state index is 0.369. The zero-order valence-electron chi connectivity index (χ0n) is 15.6. The molecule has 0 spiro atoms. The first kappa shape index (κ1) is 18.7. The normalized spacial score (nSPS) is 11.4. The number of rotatable bonds is 7. The van der Waals surface area contributed by atoms with Gasteiger partial charge in [-0.1, -0.05) is 18.2 Å². The molecular weight excluding hydrogens is 392 g/mol. The van der Waals surface area contributed by atoms with Gasteiger partial charge in [0.05, 0.1) is 35.7 Å². The van der Waals surface area contributed by atoms with Crippen LogP contribution in [-0.2, 0) is 19.6 Å². The lowest BCUT2D eigenvalue weighted by Crippen LogP contribution is -2.22. The van der Waals surface area contributed by atoms with Crippen molar-refractivity contribution in [2.45, 2.75) is 26.6 Å². The Bertz CT molecular complexity index is 1110. The summed E-state index contributed by atoms with van der Waals surface area (Å²) in [5.41, 5.74) is 3.10. The summed E-state index contributed by atoms with van der Waals surface area (Å²) in [4.78, 5) is 6.93. The van der Waals surface area contributed by atoms with Crippen molar-refractivity contribution in [2.24, 2.45) is 0 Å². The fourth-order valence-corrected chi connectivity index (χ4v) is 3.72. The maximum absolute atomic E-state index is 5.63. The smallest absolute Gasteiger partial charge is 0.288 e. The fraction of sp³-hybridized carbons (Fsp3) is 0.263. The van der Waals surface area contributed by atoms with Crippen LogP contribution >= 0.6 is 23.6 Å². The Balaban J connectivity index is 1.39. The highest BCUT2D eigenvalue weighted by Gasteiger charge is 2.11. The summed E-state index contributed by atoms with van der Waals surface area (Å²) in [6.45, 7) is 3.24. The van der Waals surface area contributed by atoms with Crippen LogP contribution in [0.2, 0.25) is 0 Å². The zero-order chi connectivity index (χ0) is 19.5. The lowest BCUT2D eigenvalue weighted by molar-refractivity contribution is 0.240. The summed E-state index contributed by atoms with van der Waals surface area (Å²) in [6.07, 6.45) is 4.46. The van der Waals surface area contributed by atoms with Crippen LogP contribution < -0.4 is 0 Å². The van der Waals surface area contributed by atoms with Crippen molar-refractivity contribution < 1.29 is 4.42 Å². The third-order valence-electron chi connectivity index (χ3n) is 4.13. The number of nitrogens with zero attached hydrogens (tertiary/aromatic N) is 6. The van der Waals surface area contributed by atoms with E-state index < -0.39 is 0 Å². The molecule has 3 aromatic heterocycles. The van der Waals surface area contributed by atoms with Crippen molar-refractivity contribution in [3.63, 3.8) is 0 Å². The molecule has 0 atom stereocenters. The molecule has 0 fully saturated rings. The molecule has 28 heavy (non-hydrogen) atoms. The number of benzene rings is 1. The molecule has 0 aliphatic heterocycles. The topological polar surface area (TPSA) is 64.9 Å². The van der Waals surface area contributed by atoms with Crippen LogP contribution in [0.4, 0.5) is 0 Å². The Morgan fingerprint density at radius 1 is 1.25 bits per heavy atom. The lowest BCUT2D eigenvalue weighted by atomic mass is 10.3. The van der Waals surface area contributed by atoms with E-state index in [1.54, 1.807) is 16.0 Å². The molecule has 0 saturated carbocycles. The first-order valence-corrected chi connectivity index (χ1v) is 10.1. The van der Waals surface area contributed by atoms with E-state index in [2.05, 4.69) is 20.1 Å². The second kappa shape index (κ2) is 8.17. The molecule has 4 aromatic rings. The Hall–Kier alpha value is -2.62. The van der Waals surface area contributed by atoms with Crippen LogP contribution in [0.1, 0.15) is 22.2 Å². The second-order valence-corrected chi connectivity index (χ2v) is 7.99. The molecule has 3 heterocycles. The van der Waals surface area contributed by atoms with E-state index in [-0.39, 0.29) is 0 Å². The largest absolute Gasteiger partial charge is 0.414 e. The Morgan fingerprint density at radius 2 is 2.07 bits per heavy atom. The summed E-state index contributed by atoms with van der Waals surface area (Å²) >= 11 is 6.94. The maximum Gasteiger partial charge on any atom is 0.288 e. The van der Waals surface area contributed by atoms with Crippen LogP contribution in [0.25, 0.3) is 5.69 Å². The molecule has 0 amide bonds. The molecule has 0 N–H and O–H groups in total. The van der Waals surface area contributed by atoms with Crippen LogP contribution in [-0.4, -0.2) is 36.5 Å². The van der Waals surface area contributed by atoms with Crippen molar-refractivity contribution in [3.8, 4) is 5.69 Å². The van der Waals surface area contributed by atoms with Gasteiger partial charge >= 0.3 is 0 Å². The summed E-state index contributed by atoms with van der Waals surface area (Å²) < 4.78 is 9.20. The van der Waals surface area contributed by atoms with E-state index in [0.29, 0.717) is 23.8 Å². The molecule has 1 aromatic carbocycles. The number of aryl methyl sites for hydroxylation is 1. The van der Waals surface area contributed by atoms with E-state index in [1.165, 1.54) is 0 Å². The second-order valence-electron chi connectivity index (χ2n) is 6.58. The number of para-hydroxylation sites is 1. The molecule has 0 unspecified atom stereocenters. The van der Waals surface area contributed by atoms with E-state index in [1.807, 2.05) is 66.8 Å². The molecule has 144 valence electrons. The summed E-state index contributed by atoms with van der Waals surface area (Å²) in [6, 6.07) is 10.0. The molecule has 0 aliphatic rings. The fourth-order valence-electron chi connectivity index (χ4n) is 2.91. The molecular formula is C19H20N6OS2. The van der Waals surface area contributed by atoms with Gasteiger partial charge in [0, 0.05) is 23.7 Å². The lowest BCUT2D eigenvalue weighted by Gasteiger charge is -2.14. The molecule has 0 bridgehead atoms. The third kappa shape index (κ3) is 4.44. The monoisotopic (exact) mass is 412 g/mol. The van der Waals surface area contributed by atoms with Crippen LogP contribution in [0, 0.1) is 11.8 Å². The summed E-state index contributed by atoms with van der Waals surface area (Å²) in [7, 11) is 2.01. The standard InChI is InChI=1S/C19H20N6OS2/c1-14-21-16(12-28-14)8-18-22-25(19(27)26-18)13-23(2)10-15-9-20-24(11-15)17-6-4-3-5-7-17/h3-7,9,11-12H,8,10,13H2,1-2H3. The number of hydrogen-bond acceptors (Lipinski definition) is 7. The van der Waals surface area contributed by atoms with E-state index in [4.69, 9.17) is 16.6 Å². The predicted molar refractivity (Wildman–Crippen MR) is 110 cm³/mol. The highest BCUT2D eigenvalue weighted by atomic mass is 32.1. The van der Waals surface area contributed by atoms with E-state index in [9.17, 15) is 0 Å². The number of hydrogen-bond donors (Lipinski definition) is 0. The van der Waals surface area contributed by atoms with Crippen molar-refractivity contribution >= 4 is 23.6 Å². The Morgan fingerprint density at radius 3 is 2.82 bits per heavy atom. The minimum Gasteiger partial charge on any atom is -0.414 e. The van der Waals surface area contributed by atoms with Gasteiger partial charge in [-0.05, 0) is 38.3 Å². The van der Waals surface area contributed by atoms with Gasteiger partial charge in [-0.25, -0.2) is 14.3 Å². The van der Waals surface area contributed by atoms with Crippen molar-refractivity contribution in [3.05, 3.63) is 75.1 Å². The molecule has 0 saturated heterocycles. The van der Waals surface area contributed by atoms with Gasteiger partial charge in [-0.15, -0.1) is 16.4 Å². The van der Waals surface area contributed by atoms with Crippen molar-refractivity contribution in [2.75, 3.05) is 7.05 Å². The average Bonchev–Trinajstić information content (AvgIpc) is 3.38. The van der Waals surface area contributed by atoms with Crippen molar-refractivity contribution in [1.29, 1.82) is 0 Å². The summed E-state index contributed by atoms with van der Waals surface area (Å²) in [5, 5.41) is 12.0. The van der Waals surface area contributed by atoms with Crippen LogP contribution in [0.15, 0.2) is 52.5 Å².